The smallest absolute Gasteiger partial charge is 0.507 e. The quantitative estimate of drug-likeness (QED) is 0.0916. The van der Waals surface area contributed by atoms with Crippen LogP contribution in [0, 0.1) is 5.92 Å². The number of ether oxygens (including phenoxy) is 2. The Balaban J connectivity index is 2.23. The van der Waals surface area contributed by atoms with E-state index in [1.807, 2.05) is 6.92 Å². The van der Waals surface area contributed by atoms with Gasteiger partial charge in [-0.25, -0.2) is 9.36 Å². The Bertz CT molecular complexity index is 984. The molecule has 202 valence electrons. The summed E-state index contributed by atoms with van der Waals surface area (Å²) < 4.78 is 32.0. The maximum absolute atomic E-state index is 12.5. The number of carbonyl (C=O) groups excluding carboxylic acids is 1. The number of phosphoric ester groups is 1. The van der Waals surface area contributed by atoms with Crippen molar-refractivity contribution in [3.8, 4) is 11.5 Å². The Labute approximate surface area is 214 Å². The molecule has 0 radical (unpaired) electrons. The summed E-state index contributed by atoms with van der Waals surface area (Å²) >= 11 is 0. The second-order valence-corrected chi connectivity index (χ2v) is 11.1. The van der Waals surface area contributed by atoms with Crippen molar-refractivity contribution >= 4 is 14.0 Å². The van der Waals surface area contributed by atoms with E-state index in [1.54, 1.807) is 26.0 Å². The Morgan fingerprint density at radius 3 is 2.61 bits per heavy atom. The third kappa shape index (κ3) is 9.40. The largest absolute Gasteiger partial charge is 0.513 e. The number of hydrogen-bond acceptors (Lipinski definition) is 7. The summed E-state index contributed by atoms with van der Waals surface area (Å²) in [4.78, 5) is 22.1. The number of benzene rings is 1. The van der Waals surface area contributed by atoms with Crippen LogP contribution in [0.25, 0.3) is 0 Å². The number of phenols is 1. The zero-order chi connectivity index (χ0) is 26.9. The Kier molecular flexibility index (Phi) is 11.7. The molecule has 1 aromatic carbocycles. The highest BCUT2D eigenvalue weighted by Crippen LogP contribution is 2.47. The number of rotatable bonds is 13. The molecule has 1 unspecified atom stereocenters. The van der Waals surface area contributed by atoms with Crippen LogP contribution in [0.15, 0.2) is 35.9 Å². The molecule has 8 nitrogen and oxygen atoms in total. The first-order valence-electron chi connectivity index (χ1n) is 12.6. The van der Waals surface area contributed by atoms with Crippen molar-refractivity contribution in [1.29, 1.82) is 0 Å². The van der Waals surface area contributed by atoms with Gasteiger partial charge in [-0.15, -0.1) is 0 Å². The molecule has 0 bridgehead atoms. The van der Waals surface area contributed by atoms with E-state index in [-0.39, 0.29) is 36.5 Å². The van der Waals surface area contributed by atoms with Crippen LogP contribution >= 0.6 is 7.82 Å². The Hall–Kier alpha value is -2.12. The highest BCUT2D eigenvalue weighted by molar-refractivity contribution is 7.47. The van der Waals surface area contributed by atoms with E-state index >= 15 is 0 Å². The third-order valence-electron chi connectivity index (χ3n) is 6.06. The predicted octanol–water partition coefficient (Wildman–Crippen LogP) is 7.20. The van der Waals surface area contributed by atoms with Crippen molar-refractivity contribution in [3.05, 3.63) is 47.1 Å². The van der Waals surface area contributed by atoms with Crippen LogP contribution in [-0.4, -0.2) is 35.5 Å². The number of allylic oxidation sites excluding steroid dienone is 3. The molecule has 1 aromatic rings. The number of phosphoric acid groups is 1. The summed E-state index contributed by atoms with van der Waals surface area (Å²) in [7, 11) is -4.23. The molecule has 0 spiro atoms. The minimum atomic E-state index is -4.23. The molecule has 2 N–H and O–H groups in total. The van der Waals surface area contributed by atoms with Crippen LogP contribution in [0.1, 0.15) is 83.8 Å². The molecule has 0 heterocycles. The van der Waals surface area contributed by atoms with Crippen LogP contribution in [0.3, 0.4) is 0 Å². The van der Waals surface area contributed by atoms with Gasteiger partial charge in [-0.1, -0.05) is 43.6 Å². The van der Waals surface area contributed by atoms with Crippen LogP contribution in [0.2, 0.25) is 0 Å². The Morgan fingerprint density at radius 1 is 1.25 bits per heavy atom. The molecule has 9 heteroatoms. The Morgan fingerprint density at radius 2 is 1.97 bits per heavy atom. The van der Waals surface area contributed by atoms with Gasteiger partial charge in [-0.05, 0) is 77.0 Å². The third-order valence-corrected chi connectivity index (χ3v) is 7.25. The molecule has 0 amide bonds. The highest BCUT2D eigenvalue weighted by atomic mass is 31.2. The molecule has 0 saturated heterocycles. The molecular formula is C27H41O8P. The minimum absolute atomic E-state index is 0.0735. The topological polar surface area (TPSA) is 112 Å². The maximum Gasteiger partial charge on any atom is 0.513 e. The zero-order valence-electron chi connectivity index (χ0n) is 22.1. The van der Waals surface area contributed by atoms with E-state index in [1.165, 1.54) is 5.57 Å². The highest BCUT2D eigenvalue weighted by Gasteiger charge is 2.31. The van der Waals surface area contributed by atoms with E-state index in [4.69, 9.17) is 18.5 Å². The number of carbonyl (C=O) groups is 1. The molecule has 0 aliphatic heterocycles. The number of phenolic OH excluding ortho intramolecular Hbond substituents is 1. The standard InChI is InChI=1S/C27H41O8P/c1-7-8-9-10-21-16-24(28)26(23-15-20(6)11-12-22(23)18(2)3)25(17-21)34-27(29)32-13-14-33-36(30,31)35-19(4)5/h15-17,19,22-23,28H,2,7-14H2,1,3-6H3,(H,30,31)/t22-,23+/m0/s1. The van der Waals surface area contributed by atoms with E-state index in [0.717, 1.165) is 49.7 Å². The van der Waals surface area contributed by atoms with Crippen molar-refractivity contribution in [1.82, 2.24) is 0 Å². The van der Waals surface area contributed by atoms with E-state index in [0.29, 0.717) is 5.56 Å². The molecule has 0 fully saturated rings. The monoisotopic (exact) mass is 524 g/mol. The number of aromatic hydroxyl groups is 1. The molecule has 0 aromatic heterocycles. The van der Waals surface area contributed by atoms with E-state index < -0.39 is 20.1 Å². The summed E-state index contributed by atoms with van der Waals surface area (Å²) in [5.41, 5.74) is 3.59. The summed E-state index contributed by atoms with van der Waals surface area (Å²) in [6, 6.07) is 3.53. The summed E-state index contributed by atoms with van der Waals surface area (Å²) in [5.74, 6) is 0.215. The summed E-state index contributed by atoms with van der Waals surface area (Å²) in [6.45, 7) is 12.8. The van der Waals surface area contributed by atoms with Crippen molar-refractivity contribution in [3.63, 3.8) is 0 Å². The second-order valence-electron chi connectivity index (χ2n) is 9.67. The lowest BCUT2D eigenvalue weighted by Crippen LogP contribution is -2.20. The molecule has 2 rings (SSSR count). The fourth-order valence-electron chi connectivity index (χ4n) is 4.41. The fourth-order valence-corrected chi connectivity index (χ4v) is 5.31. The van der Waals surface area contributed by atoms with Crippen LogP contribution in [0.5, 0.6) is 11.5 Å². The van der Waals surface area contributed by atoms with Gasteiger partial charge in [-0.2, -0.15) is 0 Å². The maximum atomic E-state index is 12.5. The lowest BCUT2D eigenvalue weighted by molar-refractivity contribution is 0.0664. The molecule has 1 aliphatic carbocycles. The molecule has 3 atom stereocenters. The second kappa shape index (κ2) is 14.0. The van der Waals surface area contributed by atoms with E-state index in [9.17, 15) is 19.4 Å². The lowest BCUT2D eigenvalue weighted by Gasteiger charge is -2.32. The van der Waals surface area contributed by atoms with Gasteiger partial charge < -0.3 is 19.5 Å². The van der Waals surface area contributed by atoms with Crippen LogP contribution < -0.4 is 4.74 Å². The molecule has 36 heavy (non-hydrogen) atoms. The predicted molar refractivity (Wildman–Crippen MR) is 139 cm³/mol. The normalized spacial score (nSPS) is 19.5. The average Bonchev–Trinajstić information content (AvgIpc) is 2.75. The van der Waals surface area contributed by atoms with Gasteiger partial charge in [0.1, 0.15) is 18.1 Å². The van der Waals surface area contributed by atoms with Gasteiger partial charge in [0.25, 0.3) is 0 Å². The van der Waals surface area contributed by atoms with Gasteiger partial charge >= 0.3 is 14.0 Å². The van der Waals surface area contributed by atoms with Crippen molar-refractivity contribution < 1.29 is 37.9 Å². The average molecular weight is 525 g/mol. The van der Waals surface area contributed by atoms with E-state index in [2.05, 4.69) is 26.5 Å². The van der Waals surface area contributed by atoms with Gasteiger partial charge in [-0.3, -0.25) is 9.05 Å². The van der Waals surface area contributed by atoms with Crippen LogP contribution in [-0.2, 0) is 24.8 Å². The van der Waals surface area contributed by atoms with Gasteiger partial charge in [0.2, 0.25) is 0 Å². The molecule has 0 saturated carbocycles. The first-order chi connectivity index (χ1) is 16.9. The van der Waals surface area contributed by atoms with Gasteiger partial charge in [0, 0.05) is 11.5 Å². The van der Waals surface area contributed by atoms with Crippen molar-refractivity contribution in [2.45, 2.75) is 85.2 Å². The molecular weight excluding hydrogens is 483 g/mol. The lowest BCUT2D eigenvalue weighted by atomic mass is 9.73. The fraction of sp³-hybridized carbons (Fsp3) is 0.593. The zero-order valence-corrected chi connectivity index (χ0v) is 23.0. The van der Waals surface area contributed by atoms with Gasteiger partial charge in [0.05, 0.1) is 12.7 Å². The summed E-state index contributed by atoms with van der Waals surface area (Å²) in [5, 5.41) is 11.1. The van der Waals surface area contributed by atoms with Crippen LogP contribution in [0.4, 0.5) is 4.79 Å². The first kappa shape index (κ1) is 30.1. The molecule has 1 aliphatic rings. The van der Waals surface area contributed by atoms with Gasteiger partial charge in [0.15, 0.2) is 0 Å². The van der Waals surface area contributed by atoms with Crippen molar-refractivity contribution in [2.75, 3.05) is 13.2 Å². The first-order valence-corrected chi connectivity index (χ1v) is 14.1. The summed E-state index contributed by atoms with van der Waals surface area (Å²) in [6.07, 6.45) is 6.26. The number of hydrogen-bond donors (Lipinski definition) is 2. The van der Waals surface area contributed by atoms with Crippen molar-refractivity contribution in [2.24, 2.45) is 5.92 Å². The minimum Gasteiger partial charge on any atom is -0.507 e. The SMILES string of the molecule is C=C(C)[C@@H]1CCC(C)=C[C@H]1c1c(O)cc(CCCCC)cc1OC(=O)OCCOP(=O)(O)OC(C)C. The number of aryl methyl sites for hydroxylation is 1. The number of unbranched alkanes of at least 4 members (excludes halogenated alkanes) is 2.